The van der Waals surface area contributed by atoms with Gasteiger partial charge in [-0.1, -0.05) is 18.2 Å². The molecule has 0 bridgehead atoms. The summed E-state index contributed by atoms with van der Waals surface area (Å²) in [6.07, 6.45) is -3.05. The molecular formula is C24H21F5N6O. The van der Waals surface area contributed by atoms with Crippen LogP contribution in [0.4, 0.5) is 33.6 Å². The lowest BCUT2D eigenvalue weighted by Gasteiger charge is -2.38. The van der Waals surface area contributed by atoms with Gasteiger partial charge in [-0.3, -0.25) is 0 Å². The van der Waals surface area contributed by atoms with Gasteiger partial charge in [-0.2, -0.15) is 23.3 Å². The maximum absolute atomic E-state index is 14.7. The minimum atomic E-state index is -5.15. The SMILES string of the molecule is CN1C[C@@H](N(C)c2ncc3c(-c4cc(C(F)(F)F)c(F)c(O)c4F)nn(C)c3n2)Cc2ccccc21. The van der Waals surface area contributed by atoms with Crippen molar-refractivity contribution < 1.29 is 27.1 Å². The second-order valence-corrected chi connectivity index (χ2v) is 8.80. The number of hydrogen-bond donors (Lipinski definition) is 1. The number of phenolic OH excluding ortho intramolecular Hbond substituents is 1. The molecule has 36 heavy (non-hydrogen) atoms. The Bertz CT molecular complexity index is 1480. The molecule has 0 saturated heterocycles. The molecule has 7 nitrogen and oxygen atoms in total. The molecule has 12 heteroatoms. The van der Waals surface area contributed by atoms with Gasteiger partial charge < -0.3 is 14.9 Å². The zero-order valence-corrected chi connectivity index (χ0v) is 19.5. The minimum Gasteiger partial charge on any atom is -0.503 e. The first-order chi connectivity index (χ1) is 17.0. The summed E-state index contributed by atoms with van der Waals surface area (Å²) in [4.78, 5) is 12.9. The molecule has 0 radical (unpaired) electrons. The molecular weight excluding hydrogens is 483 g/mol. The van der Waals surface area contributed by atoms with Crippen LogP contribution in [0.2, 0.25) is 0 Å². The molecule has 0 saturated carbocycles. The van der Waals surface area contributed by atoms with Crippen molar-refractivity contribution in [2.75, 3.05) is 30.4 Å². The topological polar surface area (TPSA) is 70.3 Å². The third-order valence-electron chi connectivity index (χ3n) is 6.51. The zero-order chi connectivity index (χ0) is 25.9. The number of anilines is 2. The van der Waals surface area contributed by atoms with Crippen molar-refractivity contribution in [3.63, 3.8) is 0 Å². The largest absolute Gasteiger partial charge is 0.503 e. The lowest BCUT2D eigenvalue weighted by Crippen LogP contribution is -2.46. The van der Waals surface area contributed by atoms with E-state index in [0.717, 1.165) is 12.1 Å². The first kappa shape index (κ1) is 23.8. The number of fused-ring (bicyclic) bond motifs is 2. The van der Waals surface area contributed by atoms with Crippen LogP contribution in [0.25, 0.3) is 22.3 Å². The second-order valence-electron chi connectivity index (χ2n) is 8.80. The van der Waals surface area contributed by atoms with Crippen LogP contribution in [0.3, 0.4) is 0 Å². The molecule has 4 aromatic rings. The van der Waals surface area contributed by atoms with Crippen molar-refractivity contribution in [1.29, 1.82) is 0 Å². The van der Waals surface area contributed by atoms with Crippen molar-refractivity contribution in [3.05, 3.63) is 59.3 Å². The number of alkyl halides is 3. The maximum atomic E-state index is 14.7. The summed E-state index contributed by atoms with van der Waals surface area (Å²) in [5.41, 5.74) is -0.178. The summed E-state index contributed by atoms with van der Waals surface area (Å²) in [5, 5.41) is 14.0. The highest BCUT2D eigenvalue weighted by atomic mass is 19.4. The molecule has 1 aliphatic rings. The van der Waals surface area contributed by atoms with Crippen LogP contribution >= 0.6 is 0 Å². The maximum Gasteiger partial charge on any atom is 0.419 e. The van der Waals surface area contributed by atoms with E-state index in [-0.39, 0.29) is 22.8 Å². The standard InChI is InChI=1S/C24H21F5N6O/c1-33-11-13(8-12-6-4-5-7-17(12)33)34(2)23-30-10-15-20(32-35(3)22(15)31-23)14-9-16(24(27,28)29)19(26)21(36)18(14)25/h4-7,9-10,13,36H,8,11H2,1-3H3/t13-/m0/s1. The average Bonchev–Trinajstić information content (AvgIpc) is 3.17. The van der Waals surface area contributed by atoms with E-state index < -0.39 is 34.7 Å². The fraction of sp³-hybridized carbons (Fsp3) is 0.292. The van der Waals surface area contributed by atoms with E-state index >= 15 is 0 Å². The lowest BCUT2D eigenvalue weighted by molar-refractivity contribution is -0.140. The van der Waals surface area contributed by atoms with Crippen LogP contribution < -0.4 is 9.80 Å². The van der Waals surface area contributed by atoms with Crippen LogP contribution in [0.1, 0.15) is 11.1 Å². The number of halogens is 5. The van der Waals surface area contributed by atoms with Crippen LogP contribution in [0, 0.1) is 11.6 Å². The zero-order valence-electron chi connectivity index (χ0n) is 19.5. The van der Waals surface area contributed by atoms with Crippen molar-refractivity contribution >= 4 is 22.7 Å². The van der Waals surface area contributed by atoms with E-state index in [9.17, 15) is 27.1 Å². The number of rotatable bonds is 3. The smallest absolute Gasteiger partial charge is 0.419 e. The Morgan fingerprint density at radius 3 is 2.56 bits per heavy atom. The molecule has 1 atom stereocenters. The normalized spacial score (nSPS) is 15.9. The van der Waals surface area contributed by atoms with E-state index in [4.69, 9.17) is 0 Å². The highest BCUT2D eigenvalue weighted by molar-refractivity contribution is 5.91. The number of phenols is 1. The Kier molecular flexibility index (Phi) is 5.49. The predicted octanol–water partition coefficient (Wildman–Crippen LogP) is 4.53. The minimum absolute atomic E-state index is 0.0379. The van der Waals surface area contributed by atoms with Gasteiger partial charge in [-0.05, 0) is 24.1 Å². The highest BCUT2D eigenvalue weighted by Crippen LogP contribution is 2.41. The first-order valence-electron chi connectivity index (χ1n) is 11.0. The Morgan fingerprint density at radius 2 is 1.83 bits per heavy atom. The fourth-order valence-electron chi connectivity index (χ4n) is 4.61. The molecule has 2 aromatic carbocycles. The monoisotopic (exact) mass is 504 g/mol. The average molecular weight is 504 g/mol. The molecule has 1 N–H and O–H groups in total. The van der Waals surface area contributed by atoms with Gasteiger partial charge in [-0.25, -0.2) is 18.4 Å². The van der Waals surface area contributed by atoms with Gasteiger partial charge in [0.1, 0.15) is 5.69 Å². The Morgan fingerprint density at radius 1 is 1.11 bits per heavy atom. The molecule has 0 unspecified atom stereocenters. The molecule has 188 valence electrons. The quantitative estimate of drug-likeness (QED) is 0.414. The molecule has 2 aromatic heterocycles. The summed E-state index contributed by atoms with van der Waals surface area (Å²) >= 11 is 0. The molecule has 0 fully saturated rings. The second kappa shape index (κ2) is 8.32. The van der Waals surface area contributed by atoms with Crippen LogP contribution in [0.15, 0.2) is 36.5 Å². The van der Waals surface area contributed by atoms with Gasteiger partial charge in [0.25, 0.3) is 0 Å². The van der Waals surface area contributed by atoms with Crippen molar-refractivity contribution in [3.8, 4) is 17.0 Å². The summed E-state index contributed by atoms with van der Waals surface area (Å²) in [6, 6.07) is 8.41. The van der Waals surface area contributed by atoms with Crippen molar-refractivity contribution in [2.24, 2.45) is 7.05 Å². The van der Waals surface area contributed by atoms with E-state index in [1.807, 2.05) is 31.1 Å². The lowest BCUT2D eigenvalue weighted by atomic mass is 9.97. The first-order valence-corrected chi connectivity index (χ1v) is 11.0. The van der Waals surface area contributed by atoms with E-state index in [1.165, 1.54) is 23.5 Å². The fourth-order valence-corrected chi connectivity index (χ4v) is 4.61. The molecule has 3 heterocycles. The number of para-hydroxylation sites is 1. The summed E-state index contributed by atoms with van der Waals surface area (Å²) in [5.74, 6) is -5.00. The van der Waals surface area contributed by atoms with Crippen molar-refractivity contribution in [2.45, 2.75) is 18.6 Å². The van der Waals surface area contributed by atoms with Gasteiger partial charge in [0.15, 0.2) is 23.0 Å². The van der Waals surface area contributed by atoms with E-state index in [2.05, 4.69) is 32.1 Å². The Labute approximate surface area is 202 Å². The molecule has 5 rings (SSSR count). The van der Waals surface area contributed by atoms with Gasteiger partial charge in [0, 0.05) is 45.1 Å². The van der Waals surface area contributed by atoms with Crippen LogP contribution in [0.5, 0.6) is 5.75 Å². The molecule has 0 amide bonds. The number of aromatic hydroxyl groups is 1. The van der Waals surface area contributed by atoms with Crippen LogP contribution in [-0.4, -0.2) is 51.5 Å². The number of likely N-dealkylation sites (N-methyl/N-ethyl adjacent to an activating group) is 2. The van der Waals surface area contributed by atoms with Crippen molar-refractivity contribution in [1.82, 2.24) is 19.7 Å². The molecule has 1 aliphatic heterocycles. The number of aryl methyl sites for hydroxylation is 1. The third-order valence-corrected chi connectivity index (χ3v) is 6.51. The molecule has 0 spiro atoms. The number of aromatic nitrogens is 4. The highest BCUT2D eigenvalue weighted by Gasteiger charge is 2.38. The molecule has 0 aliphatic carbocycles. The Hall–Kier alpha value is -3.96. The van der Waals surface area contributed by atoms with Gasteiger partial charge >= 0.3 is 6.18 Å². The summed E-state index contributed by atoms with van der Waals surface area (Å²) in [7, 11) is 5.34. The van der Waals surface area contributed by atoms with E-state index in [0.29, 0.717) is 18.6 Å². The number of hydrogen-bond acceptors (Lipinski definition) is 6. The van der Waals surface area contributed by atoms with Gasteiger partial charge in [-0.15, -0.1) is 0 Å². The Balaban J connectivity index is 1.55. The third kappa shape index (κ3) is 3.76. The number of nitrogens with zero attached hydrogens (tertiary/aromatic N) is 6. The summed E-state index contributed by atoms with van der Waals surface area (Å²) in [6.45, 7) is 0.714. The van der Waals surface area contributed by atoms with Gasteiger partial charge in [0.2, 0.25) is 5.95 Å². The van der Waals surface area contributed by atoms with Crippen LogP contribution in [-0.2, 0) is 19.6 Å². The summed E-state index contributed by atoms with van der Waals surface area (Å²) < 4.78 is 69.8. The van der Waals surface area contributed by atoms with Gasteiger partial charge in [0.05, 0.1) is 17.0 Å². The van der Waals surface area contributed by atoms with E-state index in [1.54, 1.807) is 0 Å². The predicted molar refractivity (Wildman–Crippen MR) is 124 cm³/mol. The number of benzene rings is 2.